The van der Waals surface area contributed by atoms with Crippen molar-refractivity contribution in [1.29, 1.82) is 0 Å². The summed E-state index contributed by atoms with van der Waals surface area (Å²) in [7, 11) is -3.48. The van der Waals surface area contributed by atoms with Crippen molar-refractivity contribution in [1.82, 2.24) is 9.71 Å². The monoisotopic (exact) mass is 285 g/mol. The third-order valence-electron chi connectivity index (χ3n) is 2.99. The van der Waals surface area contributed by atoms with Gasteiger partial charge in [-0.25, -0.2) is 13.1 Å². The molecular weight excluding hydrogens is 270 g/mol. The molecule has 0 radical (unpaired) electrons. The van der Waals surface area contributed by atoms with Gasteiger partial charge in [0.1, 0.15) is 9.88 Å². The van der Waals surface area contributed by atoms with E-state index in [4.69, 9.17) is 18.0 Å². The highest BCUT2D eigenvalue weighted by molar-refractivity contribution is 7.89. The van der Waals surface area contributed by atoms with Gasteiger partial charge in [-0.3, -0.25) is 4.98 Å². The maximum atomic E-state index is 12.0. The standard InChI is InChI=1S/C11H15N3O2S2/c1-7-4-8(5-7)14-18(15,16)9-2-3-10(11(12)17)13-6-9/h2-3,6-8,14H,4-5H2,1H3,(H2,12,17). The first-order chi connectivity index (χ1) is 8.38. The predicted molar refractivity (Wildman–Crippen MR) is 72.6 cm³/mol. The molecule has 0 spiro atoms. The molecule has 18 heavy (non-hydrogen) atoms. The predicted octanol–water partition coefficient (Wildman–Crippen LogP) is 0.793. The average molecular weight is 285 g/mol. The summed E-state index contributed by atoms with van der Waals surface area (Å²) in [5.41, 5.74) is 5.82. The van der Waals surface area contributed by atoms with Gasteiger partial charge in [0.05, 0.1) is 5.69 Å². The lowest BCUT2D eigenvalue weighted by Gasteiger charge is -2.32. The fourth-order valence-corrected chi connectivity index (χ4v) is 3.30. The molecule has 3 N–H and O–H groups in total. The lowest BCUT2D eigenvalue weighted by atomic mass is 9.83. The van der Waals surface area contributed by atoms with Crippen LogP contribution in [0.25, 0.3) is 0 Å². The molecule has 0 unspecified atom stereocenters. The summed E-state index contributed by atoms with van der Waals surface area (Å²) in [6.45, 7) is 2.10. The van der Waals surface area contributed by atoms with E-state index in [0.717, 1.165) is 12.8 Å². The summed E-state index contributed by atoms with van der Waals surface area (Å²) in [6, 6.07) is 3.02. The Labute approximate surface area is 112 Å². The first-order valence-corrected chi connectivity index (χ1v) is 7.56. The van der Waals surface area contributed by atoms with E-state index < -0.39 is 10.0 Å². The van der Waals surface area contributed by atoms with Crippen LogP contribution in [0.1, 0.15) is 25.5 Å². The van der Waals surface area contributed by atoms with Gasteiger partial charge in [-0.2, -0.15) is 0 Å². The van der Waals surface area contributed by atoms with Gasteiger partial charge in [-0.1, -0.05) is 19.1 Å². The van der Waals surface area contributed by atoms with Crippen LogP contribution in [0.5, 0.6) is 0 Å². The van der Waals surface area contributed by atoms with Crippen LogP contribution in [-0.4, -0.2) is 24.4 Å². The lowest BCUT2D eigenvalue weighted by Crippen LogP contribution is -2.43. The molecule has 1 aromatic heterocycles. The number of thiocarbonyl (C=S) groups is 1. The number of pyridine rings is 1. The Hall–Kier alpha value is -1.05. The number of nitrogens with one attached hydrogen (secondary N) is 1. The van der Waals surface area contributed by atoms with Gasteiger partial charge < -0.3 is 5.73 Å². The molecular formula is C11H15N3O2S2. The summed E-state index contributed by atoms with van der Waals surface area (Å²) in [4.78, 5) is 4.22. The molecule has 1 heterocycles. The smallest absolute Gasteiger partial charge is 0.242 e. The van der Waals surface area contributed by atoms with Crippen LogP contribution in [-0.2, 0) is 10.0 Å². The second-order valence-electron chi connectivity index (χ2n) is 4.64. The zero-order valence-electron chi connectivity index (χ0n) is 9.96. The summed E-state index contributed by atoms with van der Waals surface area (Å²) < 4.78 is 26.7. The summed E-state index contributed by atoms with van der Waals surface area (Å²) in [5.74, 6) is 0.591. The van der Waals surface area contributed by atoms with Crippen molar-refractivity contribution in [3.05, 3.63) is 24.0 Å². The van der Waals surface area contributed by atoms with Crippen molar-refractivity contribution < 1.29 is 8.42 Å². The van der Waals surface area contributed by atoms with Crippen molar-refractivity contribution in [2.24, 2.45) is 11.7 Å². The molecule has 1 aromatic rings. The van der Waals surface area contributed by atoms with Gasteiger partial charge in [-0.05, 0) is 30.9 Å². The Kier molecular flexibility index (Phi) is 3.65. The highest BCUT2D eigenvalue weighted by atomic mass is 32.2. The van der Waals surface area contributed by atoms with Gasteiger partial charge in [0.25, 0.3) is 0 Å². The van der Waals surface area contributed by atoms with Crippen LogP contribution in [0.15, 0.2) is 23.2 Å². The molecule has 1 fully saturated rings. The minimum Gasteiger partial charge on any atom is -0.388 e. The first kappa shape index (κ1) is 13.4. The van der Waals surface area contributed by atoms with Crippen molar-refractivity contribution in [2.45, 2.75) is 30.7 Å². The third-order valence-corrected chi connectivity index (χ3v) is 4.71. The Morgan fingerprint density at radius 1 is 1.50 bits per heavy atom. The zero-order chi connectivity index (χ0) is 13.3. The average Bonchev–Trinajstić information content (AvgIpc) is 2.27. The Balaban J connectivity index is 2.12. The van der Waals surface area contributed by atoms with Crippen molar-refractivity contribution in [3.8, 4) is 0 Å². The maximum Gasteiger partial charge on any atom is 0.242 e. The molecule has 1 aliphatic carbocycles. The normalized spacial score (nSPS) is 23.4. The van der Waals surface area contributed by atoms with E-state index >= 15 is 0 Å². The van der Waals surface area contributed by atoms with Gasteiger partial charge in [-0.15, -0.1) is 0 Å². The molecule has 0 aromatic carbocycles. The Bertz CT molecular complexity index is 548. The van der Waals surface area contributed by atoms with Gasteiger partial charge in [0, 0.05) is 12.2 Å². The fourth-order valence-electron chi connectivity index (χ4n) is 1.97. The SMILES string of the molecule is CC1CC(NS(=O)(=O)c2ccc(C(N)=S)nc2)C1. The van der Waals surface area contributed by atoms with E-state index in [0.29, 0.717) is 11.6 Å². The summed E-state index contributed by atoms with van der Waals surface area (Å²) >= 11 is 4.76. The van der Waals surface area contributed by atoms with Crippen LogP contribution < -0.4 is 10.5 Å². The number of rotatable bonds is 4. The van der Waals surface area contributed by atoms with E-state index in [2.05, 4.69) is 16.6 Å². The number of hydrogen-bond donors (Lipinski definition) is 2. The summed E-state index contributed by atoms with van der Waals surface area (Å²) in [5, 5.41) is 0. The molecule has 0 amide bonds. The van der Waals surface area contributed by atoms with E-state index in [1.54, 1.807) is 0 Å². The molecule has 5 nitrogen and oxygen atoms in total. The highest BCUT2D eigenvalue weighted by Gasteiger charge is 2.29. The zero-order valence-corrected chi connectivity index (χ0v) is 11.6. The van der Waals surface area contributed by atoms with Crippen LogP contribution >= 0.6 is 12.2 Å². The number of sulfonamides is 1. The molecule has 0 aliphatic heterocycles. The summed E-state index contributed by atoms with van der Waals surface area (Å²) in [6.07, 6.45) is 3.05. The van der Waals surface area contributed by atoms with Crippen molar-refractivity contribution in [2.75, 3.05) is 0 Å². The lowest BCUT2D eigenvalue weighted by molar-refractivity contribution is 0.270. The molecule has 1 aliphatic rings. The molecule has 0 atom stereocenters. The molecule has 7 heteroatoms. The third kappa shape index (κ3) is 2.85. The van der Waals surface area contributed by atoms with E-state index in [-0.39, 0.29) is 15.9 Å². The van der Waals surface area contributed by atoms with E-state index in [1.807, 2.05) is 0 Å². The molecule has 98 valence electrons. The maximum absolute atomic E-state index is 12.0. The number of hydrogen-bond acceptors (Lipinski definition) is 4. The number of nitrogens with zero attached hydrogens (tertiary/aromatic N) is 1. The topological polar surface area (TPSA) is 85.1 Å². The van der Waals surface area contributed by atoms with E-state index in [9.17, 15) is 8.42 Å². The largest absolute Gasteiger partial charge is 0.388 e. The minimum atomic E-state index is -3.48. The molecule has 0 bridgehead atoms. The Morgan fingerprint density at radius 3 is 2.61 bits per heavy atom. The number of nitrogens with two attached hydrogens (primary N) is 1. The van der Waals surface area contributed by atoms with Gasteiger partial charge in [0.2, 0.25) is 10.0 Å². The van der Waals surface area contributed by atoms with Crippen LogP contribution in [0.2, 0.25) is 0 Å². The minimum absolute atomic E-state index is 0.0419. The van der Waals surface area contributed by atoms with Crippen LogP contribution in [0, 0.1) is 5.92 Å². The van der Waals surface area contributed by atoms with Crippen molar-refractivity contribution in [3.63, 3.8) is 0 Å². The van der Waals surface area contributed by atoms with Gasteiger partial charge >= 0.3 is 0 Å². The second kappa shape index (κ2) is 4.91. The van der Waals surface area contributed by atoms with Crippen LogP contribution in [0.4, 0.5) is 0 Å². The fraction of sp³-hybridized carbons (Fsp3) is 0.455. The quantitative estimate of drug-likeness (QED) is 0.799. The Morgan fingerprint density at radius 2 is 2.17 bits per heavy atom. The molecule has 2 rings (SSSR count). The van der Waals surface area contributed by atoms with Crippen LogP contribution in [0.3, 0.4) is 0 Å². The molecule has 0 saturated heterocycles. The first-order valence-electron chi connectivity index (χ1n) is 5.66. The second-order valence-corrected chi connectivity index (χ2v) is 6.79. The highest BCUT2D eigenvalue weighted by Crippen LogP contribution is 2.27. The van der Waals surface area contributed by atoms with E-state index in [1.165, 1.54) is 18.3 Å². The van der Waals surface area contributed by atoms with Gasteiger partial charge in [0.15, 0.2) is 0 Å². The van der Waals surface area contributed by atoms with Crippen molar-refractivity contribution >= 4 is 27.2 Å². The number of aromatic nitrogens is 1. The molecule has 1 saturated carbocycles.